The number of hydrogen-bond donors (Lipinski definition) is 1. The second-order valence-electron chi connectivity index (χ2n) is 9.50. The number of nitrogens with one attached hydrogen (secondary N) is 1. The summed E-state index contributed by atoms with van der Waals surface area (Å²) in [5, 5.41) is 3.52. The average molecular weight is 455 g/mol. The SMILES string of the molecule is Cc1cc(NCCN(C(C)C)C(C)C)nc(N2CCN(Cc3ccc4c(c3)OCO4)CC2)n1. The van der Waals surface area contributed by atoms with Crippen molar-refractivity contribution in [1.29, 1.82) is 0 Å². The molecular weight excluding hydrogens is 416 g/mol. The third-order valence-electron chi connectivity index (χ3n) is 6.34. The number of aromatic nitrogens is 2. The molecule has 3 heterocycles. The monoisotopic (exact) mass is 454 g/mol. The molecule has 0 amide bonds. The highest BCUT2D eigenvalue weighted by atomic mass is 16.7. The second kappa shape index (κ2) is 10.6. The number of hydrogen-bond acceptors (Lipinski definition) is 8. The van der Waals surface area contributed by atoms with Crippen LogP contribution in [0.2, 0.25) is 0 Å². The summed E-state index contributed by atoms with van der Waals surface area (Å²) in [5.74, 6) is 3.42. The highest BCUT2D eigenvalue weighted by molar-refractivity contribution is 5.45. The number of ether oxygens (including phenoxy) is 2. The summed E-state index contributed by atoms with van der Waals surface area (Å²) in [6.07, 6.45) is 0. The number of fused-ring (bicyclic) bond motifs is 1. The summed E-state index contributed by atoms with van der Waals surface area (Å²) in [6, 6.07) is 9.32. The van der Waals surface area contributed by atoms with Crippen molar-refractivity contribution in [2.75, 3.05) is 56.3 Å². The lowest BCUT2D eigenvalue weighted by atomic mass is 10.1. The van der Waals surface area contributed by atoms with Gasteiger partial charge in [0.2, 0.25) is 12.7 Å². The lowest BCUT2D eigenvalue weighted by Gasteiger charge is -2.35. The molecule has 1 aromatic heterocycles. The first kappa shape index (κ1) is 23.6. The van der Waals surface area contributed by atoms with Crippen LogP contribution in [-0.4, -0.2) is 77.9 Å². The molecule has 8 nitrogen and oxygen atoms in total. The van der Waals surface area contributed by atoms with E-state index in [2.05, 4.69) is 59.8 Å². The highest BCUT2D eigenvalue weighted by Gasteiger charge is 2.21. The van der Waals surface area contributed by atoms with Gasteiger partial charge in [-0.15, -0.1) is 0 Å². The van der Waals surface area contributed by atoms with E-state index in [1.54, 1.807) is 0 Å². The van der Waals surface area contributed by atoms with Crippen molar-refractivity contribution in [3.05, 3.63) is 35.5 Å². The molecular formula is C25H38N6O2. The number of anilines is 2. The lowest BCUT2D eigenvalue weighted by Crippen LogP contribution is -2.46. The van der Waals surface area contributed by atoms with Crippen LogP contribution in [-0.2, 0) is 6.54 Å². The molecule has 4 rings (SSSR count). The van der Waals surface area contributed by atoms with E-state index in [9.17, 15) is 0 Å². The Bertz CT molecular complexity index is 919. The van der Waals surface area contributed by atoms with Crippen molar-refractivity contribution in [3.8, 4) is 11.5 Å². The van der Waals surface area contributed by atoms with Crippen LogP contribution in [0.5, 0.6) is 11.5 Å². The van der Waals surface area contributed by atoms with E-state index in [-0.39, 0.29) is 0 Å². The summed E-state index contributed by atoms with van der Waals surface area (Å²) >= 11 is 0. The summed E-state index contributed by atoms with van der Waals surface area (Å²) in [7, 11) is 0. The molecule has 0 radical (unpaired) electrons. The topological polar surface area (TPSA) is 66.0 Å². The molecule has 33 heavy (non-hydrogen) atoms. The van der Waals surface area contributed by atoms with Crippen LogP contribution in [0.3, 0.4) is 0 Å². The second-order valence-corrected chi connectivity index (χ2v) is 9.50. The van der Waals surface area contributed by atoms with E-state index in [0.29, 0.717) is 18.9 Å². The molecule has 0 unspecified atom stereocenters. The largest absolute Gasteiger partial charge is 0.454 e. The van der Waals surface area contributed by atoms with Crippen molar-refractivity contribution in [2.45, 2.75) is 53.2 Å². The van der Waals surface area contributed by atoms with Crippen molar-refractivity contribution in [2.24, 2.45) is 0 Å². The normalized spacial score (nSPS) is 16.3. The summed E-state index contributed by atoms with van der Waals surface area (Å²) in [6.45, 7) is 17.9. The fraction of sp³-hybridized carbons (Fsp3) is 0.600. The third kappa shape index (κ3) is 6.06. The average Bonchev–Trinajstić information content (AvgIpc) is 3.24. The summed E-state index contributed by atoms with van der Waals surface area (Å²) < 4.78 is 10.9. The Hall–Kier alpha value is -2.58. The van der Waals surface area contributed by atoms with Gasteiger partial charge in [-0.2, -0.15) is 4.98 Å². The molecule has 2 aliphatic rings. The fourth-order valence-electron chi connectivity index (χ4n) is 4.61. The Balaban J connectivity index is 1.30. The van der Waals surface area contributed by atoms with Gasteiger partial charge >= 0.3 is 0 Å². The highest BCUT2D eigenvalue weighted by Crippen LogP contribution is 2.33. The van der Waals surface area contributed by atoms with Crippen LogP contribution in [0.15, 0.2) is 24.3 Å². The van der Waals surface area contributed by atoms with Crippen LogP contribution in [0, 0.1) is 6.92 Å². The van der Waals surface area contributed by atoms with Gasteiger partial charge in [0.15, 0.2) is 11.5 Å². The van der Waals surface area contributed by atoms with Gasteiger partial charge in [-0.25, -0.2) is 4.98 Å². The van der Waals surface area contributed by atoms with Crippen molar-refractivity contribution in [1.82, 2.24) is 19.8 Å². The number of rotatable bonds is 9. The number of benzene rings is 1. The molecule has 0 bridgehead atoms. The molecule has 0 atom stereocenters. The molecule has 8 heteroatoms. The van der Waals surface area contributed by atoms with Crippen LogP contribution in [0.4, 0.5) is 11.8 Å². The Morgan fingerprint density at radius 1 is 0.970 bits per heavy atom. The van der Waals surface area contributed by atoms with Crippen molar-refractivity contribution >= 4 is 11.8 Å². The van der Waals surface area contributed by atoms with Crippen LogP contribution >= 0.6 is 0 Å². The summed E-state index contributed by atoms with van der Waals surface area (Å²) in [4.78, 5) is 16.8. The van der Waals surface area contributed by atoms with E-state index in [4.69, 9.17) is 19.4 Å². The molecule has 2 aromatic rings. The van der Waals surface area contributed by atoms with E-state index >= 15 is 0 Å². The minimum absolute atomic E-state index is 0.318. The minimum Gasteiger partial charge on any atom is -0.454 e. The fourth-order valence-corrected chi connectivity index (χ4v) is 4.61. The summed E-state index contributed by atoms with van der Waals surface area (Å²) in [5.41, 5.74) is 2.25. The molecule has 0 saturated carbocycles. The molecule has 2 aliphatic heterocycles. The van der Waals surface area contributed by atoms with Gasteiger partial charge in [0.05, 0.1) is 0 Å². The van der Waals surface area contributed by atoms with Gasteiger partial charge in [-0.1, -0.05) is 6.07 Å². The predicted octanol–water partition coefficient (Wildman–Crippen LogP) is 3.37. The van der Waals surface area contributed by atoms with Gasteiger partial charge in [0.1, 0.15) is 5.82 Å². The first-order valence-corrected chi connectivity index (χ1v) is 12.1. The van der Waals surface area contributed by atoms with Gasteiger partial charge in [0.25, 0.3) is 0 Å². The Labute approximate surface area is 197 Å². The maximum absolute atomic E-state index is 5.52. The number of aryl methyl sites for hydroxylation is 1. The molecule has 1 fully saturated rings. The number of nitrogens with zero attached hydrogens (tertiary/aromatic N) is 5. The maximum atomic E-state index is 5.52. The lowest BCUT2D eigenvalue weighted by molar-refractivity contribution is 0.174. The Morgan fingerprint density at radius 2 is 1.70 bits per heavy atom. The quantitative estimate of drug-likeness (QED) is 0.619. The van der Waals surface area contributed by atoms with Crippen LogP contribution in [0.1, 0.15) is 39.0 Å². The molecule has 1 saturated heterocycles. The minimum atomic E-state index is 0.318. The molecule has 180 valence electrons. The molecule has 0 spiro atoms. The van der Waals surface area contributed by atoms with Gasteiger partial charge < -0.3 is 19.7 Å². The van der Waals surface area contributed by atoms with Gasteiger partial charge in [0, 0.05) is 69.7 Å². The van der Waals surface area contributed by atoms with Crippen LogP contribution < -0.4 is 19.7 Å². The zero-order valence-corrected chi connectivity index (χ0v) is 20.7. The van der Waals surface area contributed by atoms with Crippen LogP contribution in [0.25, 0.3) is 0 Å². The standard InChI is InChI=1S/C25H38N6O2/c1-18(2)31(19(3)4)9-8-26-24-14-20(5)27-25(28-24)30-12-10-29(11-13-30)16-21-6-7-22-23(15-21)33-17-32-22/h6-7,14-15,18-19H,8-13,16-17H2,1-5H3,(H,26,27,28). The van der Waals surface area contributed by atoms with E-state index < -0.39 is 0 Å². The van der Waals surface area contributed by atoms with E-state index in [1.165, 1.54) is 5.56 Å². The smallest absolute Gasteiger partial charge is 0.231 e. The predicted molar refractivity (Wildman–Crippen MR) is 132 cm³/mol. The third-order valence-corrected chi connectivity index (χ3v) is 6.34. The Morgan fingerprint density at radius 3 is 2.42 bits per heavy atom. The van der Waals surface area contributed by atoms with E-state index in [1.807, 2.05) is 19.1 Å². The number of piperazine rings is 1. The molecule has 1 aromatic carbocycles. The zero-order valence-electron chi connectivity index (χ0n) is 20.7. The van der Waals surface area contributed by atoms with Crippen molar-refractivity contribution < 1.29 is 9.47 Å². The molecule has 0 aliphatic carbocycles. The van der Waals surface area contributed by atoms with Gasteiger partial charge in [-0.3, -0.25) is 9.80 Å². The van der Waals surface area contributed by atoms with Gasteiger partial charge in [-0.05, 0) is 52.3 Å². The zero-order chi connectivity index (χ0) is 23.4. The Kier molecular flexibility index (Phi) is 7.55. The molecule has 1 N–H and O–H groups in total. The van der Waals surface area contributed by atoms with E-state index in [0.717, 1.165) is 74.8 Å². The van der Waals surface area contributed by atoms with Crippen molar-refractivity contribution in [3.63, 3.8) is 0 Å². The first-order valence-electron chi connectivity index (χ1n) is 12.1. The first-order chi connectivity index (χ1) is 15.9. The maximum Gasteiger partial charge on any atom is 0.231 e.